The van der Waals surface area contributed by atoms with E-state index in [4.69, 9.17) is 12.2 Å². The molecule has 0 unspecified atom stereocenters. The Morgan fingerprint density at radius 3 is 2.44 bits per heavy atom. The van der Waals surface area contributed by atoms with E-state index in [1.807, 2.05) is 30.3 Å². The monoisotopic (exact) mass is 475 g/mol. The van der Waals surface area contributed by atoms with Gasteiger partial charge >= 0.3 is 0 Å². The first-order valence-electron chi connectivity index (χ1n) is 12.0. The fourth-order valence-corrected chi connectivity index (χ4v) is 5.76. The van der Waals surface area contributed by atoms with Crippen LogP contribution in [-0.4, -0.2) is 28.5 Å². The number of rotatable bonds is 4. The number of fused-ring (bicyclic) bond motifs is 1. The van der Waals surface area contributed by atoms with Gasteiger partial charge in [-0.15, -0.1) is 0 Å². The molecule has 4 rings (SSSR count). The lowest BCUT2D eigenvalue weighted by atomic mass is 9.78. The van der Waals surface area contributed by atoms with Gasteiger partial charge in [0.1, 0.15) is 5.57 Å². The predicted molar refractivity (Wildman–Crippen MR) is 143 cm³/mol. The van der Waals surface area contributed by atoms with Crippen LogP contribution in [0.4, 0.5) is 11.4 Å². The van der Waals surface area contributed by atoms with Crippen LogP contribution < -0.4 is 15.1 Å². The Balaban J connectivity index is 1.72. The summed E-state index contributed by atoms with van der Waals surface area (Å²) in [6, 6.07) is 14.3. The maximum Gasteiger partial charge on any atom is 0.270 e. The van der Waals surface area contributed by atoms with Gasteiger partial charge in [0.05, 0.1) is 5.69 Å². The van der Waals surface area contributed by atoms with E-state index in [9.17, 15) is 9.59 Å². The lowest BCUT2D eigenvalue weighted by Gasteiger charge is -2.50. The van der Waals surface area contributed by atoms with Crippen molar-refractivity contribution in [2.45, 2.75) is 71.9 Å². The van der Waals surface area contributed by atoms with Gasteiger partial charge in [-0.05, 0) is 106 Å². The Morgan fingerprint density at radius 1 is 1.15 bits per heavy atom. The number of aryl methyl sites for hydroxylation is 1. The first-order chi connectivity index (χ1) is 16.0. The molecule has 178 valence electrons. The van der Waals surface area contributed by atoms with Crippen LogP contribution in [0.5, 0.6) is 0 Å². The number of carbonyl (C=O) groups excluding carboxylic acids is 2. The van der Waals surface area contributed by atoms with Crippen LogP contribution in [0, 0.1) is 0 Å². The Labute approximate surface area is 207 Å². The van der Waals surface area contributed by atoms with Gasteiger partial charge in [0.15, 0.2) is 5.11 Å². The smallest absolute Gasteiger partial charge is 0.270 e. The van der Waals surface area contributed by atoms with Crippen LogP contribution in [0.25, 0.3) is 6.08 Å². The molecule has 5 nitrogen and oxygen atoms in total. The number of carbonyl (C=O) groups is 2. The SMILES string of the molecule is CCc1ccc(N2C(=O)/C(=C/c3ccc4c(c3)[C@H](C)CC(C)(C)N4C(C)C)C(=O)NC2=S)cc1. The van der Waals surface area contributed by atoms with Crippen molar-refractivity contribution in [2.24, 2.45) is 0 Å². The normalized spacial score (nSPS) is 21.2. The van der Waals surface area contributed by atoms with Crippen LogP contribution in [0.2, 0.25) is 0 Å². The zero-order chi connectivity index (χ0) is 24.8. The fourth-order valence-electron chi connectivity index (χ4n) is 5.48. The van der Waals surface area contributed by atoms with E-state index >= 15 is 0 Å². The van der Waals surface area contributed by atoms with Crippen LogP contribution in [-0.2, 0) is 16.0 Å². The number of hydrogen-bond donors (Lipinski definition) is 1. The van der Waals surface area contributed by atoms with Crippen molar-refractivity contribution in [3.8, 4) is 0 Å². The fraction of sp³-hybridized carbons (Fsp3) is 0.393. The van der Waals surface area contributed by atoms with Gasteiger partial charge < -0.3 is 4.90 Å². The molecule has 0 spiro atoms. The summed E-state index contributed by atoms with van der Waals surface area (Å²) in [5, 5.41) is 2.78. The minimum absolute atomic E-state index is 0.0588. The number of hydrogen-bond acceptors (Lipinski definition) is 4. The van der Waals surface area contributed by atoms with Gasteiger partial charge in [0, 0.05) is 17.3 Å². The van der Waals surface area contributed by atoms with Gasteiger partial charge in [-0.2, -0.15) is 0 Å². The summed E-state index contributed by atoms with van der Waals surface area (Å²) < 4.78 is 0. The highest BCUT2D eigenvalue weighted by Crippen LogP contribution is 2.44. The number of thiocarbonyl (C=S) groups is 1. The first kappa shape index (κ1) is 24.1. The Morgan fingerprint density at radius 2 is 1.82 bits per heavy atom. The second-order valence-electron chi connectivity index (χ2n) is 10.2. The molecule has 0 saturated carbocycles. The Kier molecular flexibility index (Phi) is 6.38. The van der Waals surface area contributed by atoms with Crippen molar-refractivity contribution >= 4 is 46.6 Å². The molecule has 0 aliphatic carbocycles. The zero-order valence-corrected chi connectivity index (χ0v) is 21.6. The van der Waals surface area contributed by atoms with E-state index in [2.05, 4.69) is 63.9 Å². The van der Waals surface area contributed by atoms with Crippen LogP contribution in [0.1, 0.15) is 70.6 Å². The summed E-state index contributed by atoms with van der Waals surface area (Å²) in [5.41, 5.74) is 5.25. The molecule has 0 bridgehead atoms. The molecule has 2 aromatic carbocycles. The first-order valence-corrected chi connectivity index (χ1v) is 12.4. The molecule has 1 fully saturated rings. The average Bonchev–Trinajstić information content (AvgIpc) is 2.76. The van der Waals surface area contributed by atoms with Gasteiger partial charge in [0.25, 0.3) is 11.8 Å². The Hall–Kier alpha value is -2.99. The number of nitrogens with zero attached hydrogens (tertiary/aromatic N) is 2. The molecule has 6 heteroatoms. The molecular formula is C28H33N3O2S. The quantitative estimate of drug-likeness (QED) is 0.356. The molecule has 1 N–H and O–H groups in total. The van der Waals surface area contributed by atoms with Crippen LogP contribution >= 0.6 is 12.2 Å². The maximum atomic E-state index is 13.4. The summed E-state index contributed by atoms with van der Waals surface area (Å²) in [7, 11) is 0. The topological polar surface area (TPSA) is 52.7 Å². The summed E-state index contributed by atoms with van der Waals surface area (Å²) >= 11 is 5.34. The summed E-state index contributed by atoms with van der Waals surface area (Å²) in [4.78, 5) is 30.0. The van der Waals surface area contributed by atoms with E-state index in [0.29, 0.717) is 17.6 Å². The second kappa shape index (κ2) is 8.99. The van der Waals surface area contributed by atoms with Gasteiger partial charge in [-0.25, -0.2) is 0 Å². The van der Waals surface area contributed by atoms with Gasteiger partial charge in [-0.1, -0.05) is 32.0 Å². The van der Waals surface area contributed by atoms with E-state index in [-0.39, 0.29) is 16.2 Å². The van der Waals surface area contributed by atoms with Crippen molar-refractivity contribution in [3.05, 3.63) is 64.7 Å². The number of nitrogens with one attached hydrogen (secondary N) is 1. The third-order valence-electron chi connectivity index (χ3n) is 6.83. The largest absolute Gasteiger partial charge is 0.364 e. The lowest BCUT2D eigenvalue weighted by Crippen LogP contribution is -2.54. The standard InChI is InChI=1S/C28H33N3O2S/c1-7-19-8-11-21(12-9-19)30-26(33)23(25(32)29-27(30)34)15-20-10-13-24-22(14-20)18(4)16-28(5,6)31(24)17(2)3/h8-15,17-18H,7,16H2,1-6H3,(H,29,32,34)/b23-15+/t18-/m1/s1. The molecule has 1 atom stereocenters. The summed E-state index contributed by atoms with van der Waals surface area (Å²) in [6.45, 7) is 13.3. The molecule has 2 aliphatic heterocycles. The summed E-state index contributed by atoms with van der Waals surface area (Å²) in [5.74, 6) is -0.503. The number of amides is 2. The molecule has 2 heterocycles. The van der Waals surface area contributed by atoms with Crippen molar-refractivity contribution < 1.29 is 9.59 Å². The van der Waals surface area contributed by atoms with Gasteiger partial charge in [0.2, 0.25) is 0 Å². The highest BCUT2D eigenvalue weighted by atomic mass is 32.1. The molecule has 34 heavy (non-hydrogen) atoms. The third kappa shape index (κ3) is 4.27. The van der Waals surface area contributed by atoms with Crippen LogP contribution in [0.3, 0.4) is 0 Å². The van der Waals surface area contributed by atoms with E-state index in [1.165, 1.54) is 21.7 Å². The van der Waals surface area contributed by atoms with Crippen molar-refractivity contribution in [1.29, 1.82) is 0 Å². The van der Waals surface area contributed by atoms with E-state index < -0.39 is 11.8 Å². The second-order valence-corrected chi connectivity index (χ2v) is 10.6. The molecule has 2 amide bonds. The molecule has 0 aromatic heterocycles. The molecule has 0 radical (unpaired) electrons. The summed E-state index contributed by atoms with van der Waals surface area (Å²) in [6.07, 6.45) is 3.62. The highest BCUT2D eigenvalue weighted by molar-refractivity contribution is 7.80. The molecule has 2 aromatic rings. The third-order valence-corrected chi connectivity index (χ3v) is 7.12. The number of benzene rings is 2. The minimum atomic E-state index is -0.466. The minimum Gasteiger partial charge on any atom is -0.364 e. The van der Waals surface area contributed by atoms with Crippen molar-refractivity contribution in [1.82, 2.24) is 5.32 Å². The van der Waals surface area contributed by atoms with Crippen molar-refractivity contribution in [2.75, 3.05) is 9.80 Å². The zero-order valence-electron chi connectivity index (χ0n) is 20.8. The number of anilines is 2. The van der Waals surface area contributed by atoms with Crippen molar-refractivity contribution in [3.63, 3.8) is 0 Å². The highest BCUT2D eigenvalue weighted by Gasteiger charge is 2.38. The predicted octanol–water partition coefficient (Wildman–Crippen LogP) is 5.58. The maximum absolute atomic E-state index is 13.4. The van der Waals surface area contributed by atoms with E-state index in [1.54, 1.807) is 6.08 Å². The molecule has 2 aliphatic rings. The Bertz CT molecular complexity index is 1180. The van der Waals surface area contributed by atoms with Crippen LogP contribution in [0.15, 0.2) is 48.0 Å². The van der Waals surface area contributed by atoms with E-state index in [0.717, 1.165) is 18.4 Å². The van der Waals surface area contributed by atoms with Gasteiger partial charge in [-0.3, -0.25) is 19.8 Å². The average molecular weight is 476 g/mol. The molecule has 1 saturated heterocycles. The molecular weight excluding hydrogens is 442 g/mol. The lowest BCUT2D eigenvalue weighted by molar-refractivity contribution is -0.122.